The van der Waals surface area contributed by atoms with Crippen molar-refractivity contribution in [1.29, 1.82) is 0 Å². The van der Waals surface area contributed by atoms with E-state index < -0.39 is 0 Å². The summed E-state index contributed by atoms with van der Waals surface area (Å²) in [6.07, 6.45) is 1.98. The average molecular weight is 274 g/mol. The summed E-state index contributed by atoms with van der Waals surface area (Å²) >= 11 is 0. The van der Waals surface area contributed by atoms with E-state index in [1.54, 1.807) is 7.11 Å². The zero-order chi connectivity index (χ0) is 14.6. The predicted octanol–water partition coefficient (Wildman–Crippen LogP) is 2.79. The first kappa shape index (κ1) is 14.5. The van der Waals surface area contributed by atoms with Crippen LogP contribution in [0, 0.1) is 0 Å². The van der Waals surface area contributed by atoms with Crippen molar-refractivity contribution >= 4 is 5.69 Å². The van der Waals surface area contributed by atoms with Crippen molar-refractivity contribution in [3.63, 3.8) is 0 Å². The minimum Gasteiger partial charge on any atom is -0.380 e. The third-order valence-electron chi connectivity index (χ3n) is 2.94. The van der Waals surface area contributed by atoms with E-state index in [-0.39, 0.29) is 5.54 Å². The van der Waals surface area contributed by atoms with Crippen molar-refractivity contribution < 1.29 is 4.74 Å². The molecule has 1 aromatic heterocycles. The first-order chi connectivity index (χ1) is 9.49. The molecule has 2 aromatic rings. The Balaban J connectivity index is 1.98. The van der Waals surface area contributed by atoms with Crippen molar-refractivity contribution in [2.75, 3.05) is 12.4 Å². The van der Waals surface area contributed by atoms with Crippen molar-refractivity contribution in [1.82, 2.24) is 15.0 Å². The fourth-order valence-corrected chi connectivity index (χ4v) is 1.84. The molecule has 1 N–H and O–H groups in total. The number of nitrogens with zero attached hydrogens (tertiary/aromatic N) is 3. The Labute approximate surface area is 120 Å². The largest absolute Gasteiger partial charge is 0.380 e. The average Bonchev–Trinajstić information content (AvgIpc) is 2.86. The van der Waals surface area contributed by atoms with Gasteiger partial charge in [0.15, 0.2) is 0 Å². The minimum absolute atomic E-state index is 0.0381. The van der Waals surface area contributed by atoms with E-state index in [1.807, 2.05) is 29.1 Å². The second kappa shape index (κ2) is 6.05. The normalized spacial score (nSPS) is 11.6. The Hall–Kier alpha value is -1.88. The standard InChI is InChI=1S/C15H22N4O/c1-15(2,3)19-10-14(17-18-19)9-16-13-7-5-6-12(8-13)11-20-4/h5-8,10,16H,9,11H2,1-4H3. The van der Waals surface area contributed by atoms with Gasteiger partial charge < -0.3 is 10.1 Å². The van der Waals surface area contributed by atoms with Crippen molar-refractivity contribution in [3.05, 3.63) is 41.7 Å². The monoisotopic (exact) mass is 274 g/mol. The molecule has 0 aliphatic rings. The molecule has 108 valence electrons. The molecule has 0 spiro atoms. The van der Waals surface area contributed by atoms with E-state index in [0.29, 0.717) is 13.2 Å². The number of ether oxygens (including phenoxy) is 1. The molecule has 0 atom stereocenters. The number of nitrogens with one attached hydrogen (secondary N) is 1. The molecule has 0 saturated heterocycles. The number of hydrogen-bond acceptors (Lipinski definition) is 4. The van der Waals surface area contributed by atoms with E-state index in [2.05, 4.69) is 42.5 Å². The van der Waals surface area contributed by atoms with Crippen LogP contribution in [0.5, 0.6) is 0 Å². The second-order valence-corrected chi connectivity index (χ2v) is 5.81. The third-order valence-corrected chi connectivity index (χ3v) is 2.94. The van der Waals surface area contributed by atoms with E-state index in [1.165, 1.54) is 0 Å². The maximum atomic E-state index is 5.13. The van der Waals surface area contributed by atoms with Gasteiger partial charge >= 0.3 is 0 Å². The number of methoxy groups -OCH3 is 1. The predicted molar refractivity (Wildman–Crippen MR) is 79.5 cm³/mol. The topological polar surface area (TPSA) is 52.0 Å². The van der Waals surface area contributed by atoms with Gasteiger partial charge in [0.05, 0.1) is 24.9 Å². The highest BCUT2D eigenvalue weighted by Gasteiger charge is 2.14. The molecule has 0 unspecified atom stereocenters. The zero-order valence-corrected chi connectivity index (χ0v) is 12.6. The van der Waals surface area contributed by atoms with Crippen LogP contribution >= 0.6 is 0 Å². The number of anilines is 1. The fraction of sp³-hybridized carbons (Fsp3) is 0.467. The summed E-state index contributed by atoms with van der Waals surface area (Å²) in [6, 6.07) is 8.18. The lowest BCUT2D eigenvalue weighted by Crippen LogP contribution is -2.22. The molecule has 0 fully saturated rings. The highest BCUT2D eigenvalue weighted by atomic mass is 16.5. The molecule has 5 heteroatoms. The van der Waals surface area contributed by atoms with Crippen LogP contribution in [0.2, 0.25) is 0 Å². The van der Waals surface area contributed by atoms with Crippen LogP contribution in [-0.4, -0.2) is 22.1 Å². The summed E-state index contributed by atoms with van der Waals surface area (Å²) < 4.78 is 7.01. The summed E-state index contributed by atoms with van der Waals surface area (Å²) in [5, 5.41) is 11.7. The molecule has 2 rings (SSSR count). The molecule has 0 radical (unpaired) electrons. The lowest BCUT2D eigenvalue weighted by molar-refractivity contribution is 0.185. The van der Waals surface area contributed by atoms with Gasteiger partial charge in [-0.3, -0.25) is 0 Å². The SMILES string of the molecule is COCc1cccc(NCc2cn(C(C)(C)C)nn2)c1. The van der Waals surface area contributed by atoms with Crippen molar-refractivity contribution in [2.45, 2.75) is 39.5 Å². The smallest absolute Gasteiger partial charge is 0.102 e. The Morgan fingerprint density at radius 3 is 2.75 bits per heavy atom. The molecule has 0 bridgehead atoms. The van der Waals surface area contributed by atoms with Gasteiger partial charge in [-0.1, -0.05) is 17.3 Å². The number of benzene rings is 1. The highest BCUT2D eigenvalue weighted by Crippen LogP contribution is 2.14. The summed E-state index contributed by atoms with van der Waals surface area (Å²) in [6.45, 7) is 7.59. The van der Waals surface area contributed by atoms with Crippen LogP contribution in [-0.2, 0) is 23.4 Å². The quantitative estimate of drug-likeness (QED) is 0.911. The molecule has 20 heavy (non-hydrogen) atoms. The molecule has 0 amide bonds. The van der Waals surface area contributed by atoms with Gasteiger partial charge in [-0.15, -0.1) is 5.10 Å². The van der Waals surface area contributed by atoms with Gasteiger partial charge in [0.1, 0.15) is 5.69 Å². The van der Waals surface area contributed by atoms with Crippen LogP contribution in [0.3, 0.4) is 0 Å². The fourth-order valence-electron chi connectivity index (χ4n) is 1.84. The number of hydrogen-bond donors (Lipinski definition) is 1. The van der Waals surface area contributed by atoms with Gasteiger partial charge in [-0.25, -0.2) is 4.68 Å². The molecular formula is C15H22N4O. The van der Waals surface area contributed by atoms with Crippen molar-refractivity contribution in [2.24, 2.45) is 0 Å². The molecule has 1 aromatic carbocycles. The summed E-state index contributed by atoms with van der Waals surface area (Å²) in [4.78, 5) is 0. The number of rotatable bonds is 5. The van der Waals surface area contributed by atoms with Gasteiger partial charge in [-0.2, -0.15) is 0 Å². The van der Waals surface area contributed by atoms with Crippen LogP contribution in [0.4, 0.5) is 5.69 Å². The van der Waals surface area contributed by atoms with E-state index in [4.69, 9.17) is 4.74 Å². The number of aromatic nitrogens is 3. The highest BCUT2D eigenvalue weighted by molar-refractivity contribution is 5.45. The molecular weight excluding hydrogens is 252 g/mol. The molecule has 0 aliphatic heterocycles. The minimum atomic E-state index is -0.0381. The van der Waals surface area contributed by atoms with Crippen LogP contribution in [0.15, 0.2) is 30.5 Å². The molecule has 0 aliphatic carbocycles. The Bertz CT molecular complexity index is 557. The first-order valence-corrected chi connectivity index (χ1v) is 6.72. The molecule has 1 heterocycles. The Morgan fingerprint density at radius 1 is 1.30 bits per heavy atom. The summed E-state index contributed by atoms with van der Waals surface area (Å²) in [5.41, 5.74) is 3.10. The third kappa shape index (κ3) is 3.81. The molecule has 5 nitrogen and oxygen atoms in total. The van der Waals surface area contributed by atoms with Crippen LogP contribution in [0.1, 0.15) is 32.0 Å². The maximum Gasteiger partial charge on any atom is 0.102 e. The van der Waals surface area contributed by atoms with Crippen LogP contribution < -0.4 is 5.32 Å². The lowest BCUT2D eigenvalue weighted by Gasteiger charge is -2.17. The molecule has 0 saturated carbocycles. The van der Waals surface area contributed by atoms with Crippen molar-refractivity contribution in [3.8, 4) is 0 Å². The van der Waals surface area contributed by atoms with Gasteiger partial charge in [0, 0.05) is 12.8 Å². The van der Waals surface area contributed by atoms with Gasteiger partial charge in [-0.05, 0) is 38.5 Å². The summed E-state index contributed by atoms with van der Waals surface area (Å²) in [7, 11) is 1.70. The Kier molecular flexibility index (Phi) is 4.39. The van der Waals surface area contributed by atoms with Crippen LogP contribution in [0.25, 0.3) is 0 Å². The maximum absolute atomic E-state index is 5.13. The van der Waals surface area contributed by atoms with E-state index >= 15 is 0 Å². The van der Waals surface area contributed by atoms with E-state index in [0.717, 1.165) is 16.9 Å². The lowest BCUT2D eigenvalue weighted by atomic mass is 10.1. The van der Waals surface area contributed by atoms with Gasteiger partial charge in [0.25, 0.3) is 0 Å². The summed E-state index contributed by atoms with van der Waals surface area (Å²) in [5.74, 6) is 0. The first-order valence-electron chi connectivity index (χ1n) is 6.72. The van der Waals surface area contributed by atoms with E-state index in [9.17, 15) is 0 Å². The zero-order valence-electron chi connectivity index (χ0n) is 12.6. The second-order valence-electron chi connectivity index (χ2n) is 5.81. The Morgan fingerprint density at radius 2 is 2.10 bits per heavy atom. The van der Waals surface area contributed by atoms with Gasteiger partial charge in [0.2, 0.25) is 0 Å².